The van der Waals surface area contributed by atoms with E-state index in [1.807, 2.05) is 6.92 Å². The van der Waals surface area contributed by atoms with Crippen LogP contribution in [0.4, 0.5) is 4.79 Å². The lowest BCUT2D eigenvalue weighted by Crippen LogP contribution is -2.42. The molecular formula is C36H64IN3O7. The number of hydrogen-bond acceptors (Lipinski definition) is 8. The van der Waals surface area contributed by atoms with Gasteiger partial charge in [-0.3, -0.25) is 4.79 Å². The lowest BCUT2D eigenvalue weighted by Gasteiger charge is -2.35. The molecule has 0 saturated carbocycles. The van der Waals surface area contributed by atoms with Gasteiger partial charge in [-0.1, -0.05) is 32.1 Å². The number of ether oxygens (including phenoxy) is 4. The maximum atomic E-state index is 12.5. The van der Waals surface area contributed by atoms with Gasteiger partial charge in [0, 0.05) is 69.1 Å². The van der Waals surface area contributed by atoms with Gasteiger partial charge in [-0.05, 0) is 97.0 Å². The number of aliphatic hydroxyl groups is 1. The van der Waals surface area contributed by atoms with Crippen molar-refractivity contribution in [3.8, 4) is 0 Å². The molecule has 0 aromatic rings. The Bertz CT molecular complexity index is 992. The molecule has 1 unspecified atom stereocenters. The standard InChI is InChI=1S/C36H64IN3O7/c1-26(24-36(6,7)47-30(5)34(44-8)29(4)41)14-12-15-27(2)33-28(3)17-18-31(46-33)25-38-32(42)16-10-9-11-23-45-35(43)39-19-13-20-40(37)22-21-39/h12,14-15,26,28-31,33-34,41H,9-11,13,16-25H2,1-8H3,(H,38,42)/b14-12+,27-15+/t26-,28+,29-,30?,31-,33-,34+/m1/s1. The van der Waals surface area contributed by atoms with Gasteiger partial charge >= 0.3 is 6.09 Å². The van der Waals surface area contributed by atoms with Crippen molar-refractivity contribution in [3.63, 3.8) is 0 Å². The smallest absolute Gasteiger partial charge is 0.409 e. The molecule has 11 heteroatoms. The molecule has 10 nitrogen and oxygen atoms in total. The maximum absolute atomic E-state index is 12.5. The van der Waals surface area contributed by atoms with Gasteiger partial charge in [0.2, 0.25) is 5.91 Å². The number of nitrogens with zero attached hydrogens (tertiary/aromatic N) is 2. The molecule has 0 radical (unpaired) electrons. The van der Waals surface area contributed by atoms with Crippen molar-refractivity contribution in [2.75, 3.05) is 46.4 Å². The summed E-state index contributed by atoms with van der Waals surface area (Å²) in [5.41, 5.74) is 0.815. The van der Waals surface area contributed by atoms with E-state index in [0.29, 0.717) is 38.0 Å². The van der Waals surface area contributed by atoms with Gasteiger partial charge in [0.05, 0.1) is 36.6 Å². The minimum atomic E-state index is -0.603. The predicted molar refractivity (Wildman–Crippen MR) is 195 cm³/mol. The molecule has 0 aromatic carbocycles. The van der Waals surface area contributed by atoms with Crippen molar-refractivity contribution >= 4 is 34.9 Å². The highest BCUT2D eigenvalue weighted by Gasteiger charge is 2.31. The van der Waals surface area contributed by atoms with Gasteiger partial charge in [-0.25, -0.2) is 7.91 Å². The van der Waals surface area contributed by atoms with Crippen LogP contribution in [0.1, 0.15) is 99.8 Å². The van der Waals surface area contributed by atoms with Gasteiger partial charge in [-0.15, -0.1) is 0 Å². The Morgan fingerprint density at radius 2 is 1.85 bits per heavy atom. The average molecular weight is 778 g/mol. The van der Waals surface area contributed by atoms with Crippen LogP contribution >= 0.6 is 22.9 Å². The van der Waals surface area contributed by atoms with Gasteiger partial charge in [0.25, 0.3) is 0 Å². The number of hydrogen-bond donors (Lipinski definition) is 2. The number of allylic oxidation sites excluding steroid dienone is 3. The number of rotatable bonds is 18. The SMILES string of the molecule is CO[C@H](C(C)OC(C)(C)C[C@H](C)/C=C/C=C(\C)[C@H]1O[C@@H](CNC(=O)CCCCCOC(=O)N2CCCN(I)CC2)CC[C@@H]1C)[C@@H](C)O. The lowest BCUT2D eigenvalue weighted by atomic mass is 9.89. The number of unbranched alkanes of at least 4 members (excludes halogenated alkanes) is 2. The summed E-state index contributed by atoms with van der Waals surface area (Å²) in [6, 6.07) is 0. The second kappa shape index (κ2) is 21.8. The number of methoxy groups -OCH3 is 1. The van der Waals surface area contributed by atoms with E-state index in [2.05, 4.69) is 84.1 Å². The van der Waals surface area contributed by atoms with E-state index < -0.39 is 6.10 Å². The van der Waals surface area contributed by atoms with Gasteiger partial charge in [0.15, 0.2) is 0 Å². The summed E-state index contributed by atoms with van der Waals surface area (Å²) in [4.78, 5) is 26.6. The summed E-state index contributed by atoms with van der Waals surface area (Å²) in [5.74, 6) is 0.751. The van der Waals surface area contributed by atoms with E-state index in [0.717, 1.165) is 64.6 Å². The largest absolute Gasteiger partial charge is 0.449 e. The van der Waals surface area contributed by atoms with Gasteiger partial charge in [-0.2, -0.15) is 0 Å². The zero-order valence-corrected chi connectivity index (χ0v) is 32.5. The number of nitrogens with one attached hydrogen (secondary N) is 1. The molecule has 2 heterocycles. The third kappa shape index (κ3) is 16.3. The van der Waals surface area contributed by atoms with Gasteiger partial charge < -0.3 is 34.3 Å². The highest BCUT2D eigenvalue weighted by atomic mass is 127. The molecular weight excluding hydrogens is 713 g/mol. The van der Waals surface area contributed by atoms with E-state index in [1.165, 1.54) is 5.57 Å². The first-order chi connectivity index (χ1) is 22.2. The van der Waals surface area contributed by atoms with Crippen LogP contribution in [-0.2, 0) is 23.7 Å². The van der Waals surface area contributed by atoms with Crippen molar-refractivity contribution in [2.24, 2.45) is 11.8 Å². The molecule has 2 fully saturated rings. The van der Waals surface area contributed by atoms with Crippen molar-refractivity contribution in [1.29, 1.82) is 0 Å². The number of amides is 2. The summed E-state index contributed by atoms with van der Waals surface area (Å²) >= 11 is 2.30. The van der Waals surface area contributed by atoms with Crippen LogP contribution in [0.2, 0.25) is 0 Å². The monoisotopic (exact) mass is 777 g/mol. The molecule has 2 aliphatic heterocycles. The summed E-state index contributed by atoms with van der Waals surface area (Å²) in [6.07, 6.45) is 11.7. The Kier molecular flexibility index (Phi) is 19.4. The number of aliphatic hydroxyl groups excluding tert-OH is 1. The van der Waals surface area contributed by atoms with E-state index in [9.17, 15) is 14.7 Å². The summed E-state index contributed by atoms with van der Waals surface area (Å²) < 4.78 is 25.8. The first-order valence-electron chi connectivity index (χ1n) is 17.7. The molecule has 0 bridgehead atoms. The highest BCUT2D eigenvalue weighted by molar-refractivity contribution is 14.1. The van der Waals surface area contributed by atoms with Crippen LogP contribution < -0.4 is 5.32 Å². The van der Waals surface area contributed by atoms with Crippen molar-refractivity contribution < 1.29 is 33.6 Å². The van der Waals surface area contributed by atoms with Crippen LogP contribution in [0.3, 0.4) is 0 Å². The van der Waals surface area contributed by atoms with E-state index in [1.54, 1.807) is 18.9 Å². The molecule has 0 spiro atoms. The Morgan fingerprint density at radius 3 is 2.55 bits per heavy atom. The maximum Gasteiger partial charge on any atom is 0.409 e. The summed E-state index contributed by atoms with van der Waals surface area (Å²) in [6.45, 7) is 18.6. The number of carbonyl (C=O) groups is 2. The molecule has 7 atom stereocenters. The zero-order valence-electron chi connectivity index (χ0n) is 30.3. The van der Waals surface area contributed by atoms with Crippen LogP contribution in [0.25, 0.3) is 0 Å². The normalized spacial score (nSPS) is 24.4. The molecule has 2 amide bonds. The number of halogens is 1. The molecule has 2 rings (SSSR count). The molecule has 47 heavy (non-hydrogen) atoms. The van der Waals surface area contributed by atoms with Crippen LogP contribution in [0.15, 0.2) is 23.8 Å². The molecule has 0 aliphatic carbocycles. The minimum absolute atomic E-state index is 0.00147. The Morgan fingerprint density at radius 1 is 1.11 bits per heavy atom. The van der Waals surface area contributed by atoms with E-state index >= 15 is 0 Å². The Labute approximate surface area is 298 Å². The van der Waals surface area contributed by atoms with Crippen molar-refractivity contribution in [1.82, 2.24) is 13.3 Å². The average Bonchev–Trinajstić information content (AvgIpc) is 3.22. The Hall–Kier alpha value is -1.25. The van der Waals surface area contributed by atoms with Crippen LogP contribution in [-0.4, -0.2) is 108 Å². The number of carbonyl (C=O) groups excluding carboxylic acids is 2. The zero-order chi connectivity index (χ0) is 35.0. The molecule has 0 aromatic heterocycles. The molecule has 2 saturated heterocycles. The topological polar surface area (TPSA) is 110 Å². The van der Waals surface area contributed by atoms with Crippen LogP contribution in [0.5, 0.6) is 0 Å². The van der Waals surface area contributed by atoms with Crippen molar-refractivity contribution in [2.45, 2.75) is 136 Å². The fourth-order valence-electron chi connectivity index (χ4n) is 6.65. The molecule has 2 N–H and O–H groups in total. The lowest BCUT2D eigenvalue weighted by molar-refractivity contribution is -0.149. The highest BCUT2D eigenvalue weighted by Crippen LogP contribution is 2.30. The summed E-state index contributed by atoms with van der Waals surface area (Å²) in [5, 5.41) is 13.0. The second-order valence-electron chi connectivity index (χ2n) is 14.2. The minimum Gasteiger partial charge on any atom is -0.449 e. The second-order valence-corrected chi connectivity index (χ2v) is 15.6. The molecule has 2 aliphatic rings. The first kappa shape index (κ1) is 41.9. The van der Waals surface area contributed by atoms with E-state index in [-0.39, 0.29) is 42.0 Å². The quantitative estimate of drug-likeness (QED) is 0.0708. The summed E-state index contributed by atoms with van der Waals surface area (Å²) in [7, 11) is 1.60. The molecule has 272 valence electrons. The van der Waals surface area contributed by atoms with Gasteiger partial charge in [0.1, 0.15) is 6.10 Å². The fourth-order valence-corrected chi connectivity index (χ4v) is 7.21. The Balaban J connectivity index is 1.68. The fraction of sp³-hybridized carbons (Fsp3) is 0.833. The third-order valence-electron chi connectivity index (χ3n) is 9.08. The van der Waals surface area contributed by atoms with Crippen LogP contribution in [0, 0.1) is 11.8 Å². The van der Waals surface area contributed by atoms with E-state index in [4.69, 9.17) is 18.9 Å². The van der Waals surface area contributed by atoms with Crippen molar-refractivity contribution in [3.05, 3.63) is 23.8 Å². The third-order valence-corrected chi connectivity index (χ3v) is 10.0. The predicted octanol–water partition coefficient (Wildman–Crippen LogP) is 6.45. The first-order valence-corrected chi connectivity index (χ1v) is 18.7.